The van der Waals surface area contributed by atoms with E-state index < -0.39 is 10.0 Å². The van der Waals surface area contributed by atoms with Crippen LogP contribution in [0.5, 0.6) is 0 Å². The highest BCUT2D eigenvalue weighted by Crippen LogP contribution is 2.29. The molecule has 3 nitrogen and oxygen atoms in total. The van der Waals surface area contributed by atoms with Crippen LogP contribution in [0, 0.1) is 6.92 Å². The summed E-state index contributed by atoms with van der Waals surface area (Å²) < 4.78 is 28.1. The number of rotatable bonds is 5. The van der Waals surface area contributed by atoms with Gasteiger partial charge in [-0.15, -0.1) is 0 Å². The third-order valence-corrected chi connectivity index (χ3v) is 5.49. The first kappa shape index (κ1) is 16.5. The zero-order chi connectivity index (χ0) is 17.2. The summed E-state index contributed by atoms with van der Waals surface area (Å²) in [6, 6.07) is 18.7. The third-order valence-electron chi connectivity index (χ3n) is 4.11. The molecule has 0 amide bonds. The molecule has 0 atom stereocenters. The first-order valence-corrected chi connectivity index (χ1v) is 9.59. The minimum Gasteiger partial charge on any atom is -0.279 e. The van der Waals surface area contributed by atoms with E-state index in [-0.39, 0.29) is 4.90 Å². The Morgan fingerprint density at radius 3 is 2.21 bits per heavy atom. The van der Waals surface area contributed by atoms with Crippen LogP contribution in [-0.2, 0) is 16.4 Å². The molecule has 0 unspecified atom stereocenters. The molecule has 3 rings (SSSR count). The molecule has 0 heterocycles. The molecular formula is C20H21NO2S. The third kappa shape index (κ3) is 3.29. The van der Waals surface area contributed by atoms with Crippen molar-refractivity contribution in [3.05, 3.63) is 71.8 Å². The van der Waals surface area contributed by atoms with Crippen LogP contribution in [0.1, 0.15) is 24.5 Å². The maximum atomic E-state index is 12.7. The Kier molecular flexibility index (Phi) is 4.58. The number of hydrogen-bond donors (Lipinski definition) is 1. The molecule has 0 aliphatic rings. The zero-order valence-electron chi connectivity index (χ0n) is 13.9. The summed E-state index contributed by atoms with van der Waals surface area (Å²) in [7, 11) is -3.60. The second-order valence-electron chi connectivity index (χ2n) is 5.99. The van der Waals surface area contributed by atoms with Gasteiger partial charge in [0.2, 0.25) is 0 Å². The summed E-state index contributed by atoms with van der Waals surface area (Å²) in [4.78, 5) is 0.273. The van der Waals surface area contributed by atoms with Crippen molar-refractivity contribution in [2.45, 2.75) is 31.6 Å². The van der Waals surface area contributed by atoms with Crippen LogP contribution < -0.4 is 4.72 Å². The normalized spacial score (nSPS) is 11.6. The minimum atomic E-state index is -3.60. The molecule has 24 heavy (non-hydrogen) atoms. The van der Waals surface area contributed by atoms with Gasteiger partial charge in [-0.2, -0.15) is 0 Å². The molecule has 0 spiro atoms. The monoisotopic (exact) mass is 339 g/mol. The topological polar surface area (TPSA) is 46.2 Å². The Morgan fingerprint density at radius 2 is 1.54 bits per heavy atom. The summed E-state index contributed by atoms with van der Waals surface area (Å²) in [5.41, 5.74) is 2.89. The number of anilines is 1. The van der Waals surface area contributed by atoms with Crippen molar-refractivity contribution in [1.29, 1.82) is 0 Å². The molecule has 0 bridgehead atoms. The van der Waals surface area contributed by atoms with Gasteiger partial charge < -0.3 is 0 Å². The standard InChI is InChI=1S/C20H21NO2S/c1-3-6-16-11-14-20(19-8-5-4-7-18(16)19)21-24(22,23)17-12-9-15(2)10-13-17/h4-5,7-14,21H,3,6H2,1-2H3. The second kappa shape index (κ2) is 6.65. The SMILES string of the molecule is CCCc1ccc(NS(=O)(=O)c2ccc(C)cc2)c2ccccc12. The van der Waals surface area contributed by atoms with Crippen molar-refractivity contribution in [2.75, 3.05) is 4.72 Å². The lowest BCUT2D eigenvalue weighted by atomic mass is 10.00. The molecule has 1 N–H and O–H groups in total. The van der Waals surface area contributed by atoms with Crippen molar-refractivity contribution in [2.24, 2.45) is 0 Å². The lowest BCUT2D eigenvalue weighted by Gasteiger charge is -2.13. The number of sulfonamides is 1. The van der Waals surface area contributed by atoms with E-state index in [9.17, 15) is 8.42 Å². The van der Waals surface area contributed by atoms with Crippen LogP contribution in [0.25, 0.3) is 10.8 Å². The van der Waals surface area contributed by atoms with Gasteiger partial charge in [0.25, 0.3) is 10.0 Å². The van der Waals surface area contributed by atoms with E-state index in [4.69, 9.17) is 0 Å². The lowest BCUT2D eigenvalue weighted by molar-refractivity contribution is 0.601. The fourth-order valence-corrected chi connectivity index (χ4v) is 3.94. The van der Waals surface area contributed by atoms with Crippen LogP contribution in [0.3, 0.4) is 0 Å². The van der Waals surface area contributed by atoms with Gasteiger partial charge in [0, 0.05) is 5.39 Å². The van der Waals surface area contributed by atoms with Crippen LogP contribution in [-0.4, -0.2) is 8.42 Å². The number of aryl methyl sites for hydroxylation is 2. The molecular weight excluding hydrogens is 318 g/mol. The van der Waals surface area contributed by atoms with Crippen molar-refractivity contribution >= 4 is 26.5 Å². The van der Waals surface area contributed by atoms with E-state index in [0.717, 1.165) is 29.2 Å². The molecule has 3 aromatic carbocycles. The predicted molar refractivity (Wildman–Crippen MR) is 99.9 cm³/mol. The van der Waals surface area contributed by atoms with Gasteiger partial charge in [0.15, 0.2) is 0 Å². The largest absolute Gasteiger partial charge is 0.279 e. The van der Waals surface area contributed by atoms with Crippen molar-refractivity contribution in [3.63, 3.8) is 0 Å². The predicted octanol–water partition coefficient (Wildman–Crippen LogP) is 4.90. The van der Waals surface area contributed by atoms with Crippen molar-refractivity contribution < 1.29 is 8.42 Å². The second-order valence-corrected chi connectivity index (χ2v) is 7.67. The summed E-state index contributed by atoms with van der Waals surface area (Å²) in [6.45, 7) is 4.08. The van der Waals surface area contributed by atoms with Gasteiger partial charge in [0.1, 0.15) is 0 Å². The fraction of sp³-hybridized carbons (Fsp3) is 0.200. The highest BCUT2D eigenvalue weighted by molar-refractivity contribution is 7.92. The summed E-state index contributed by atoms with van der Waals surface area (Å²) in [5, 5.41) is 2.03. The highest BCUT2D eigenvalue weighted by Gasteiger charge is 2.16. The first-order chi connectivity index (χ1) is 11.5. The average molecular weight is 339 g/mol. The van der Waals surface area contributed by atoms with Gasteiger partial charge >= 0.3 is 0 Å². The zero-order valence-corrected chi connectivity index (χ0v) is 14.7. The van der Waals surface area contributed by atoms with Crippen LogP contribution in [0.4, 0.5) is 5.69 Å². The van der Waals surface area contributed by atoms with E-state index in [1.807, 2.05) is 43.3 Å². The first-order valence-electron chi connectivity index (χ1n) is 8.11. The van der Waals surface area contributed by atoms with E-state index in [1.54, 1.807) is 24.3 Å². The van der Waals surface area contributed by atoms with E-state index in [1.165, 1.54) is 5.56 Å². The lowest BCUT2D eigenvalue weighted by Crippen LogP contribution is -2.13. The summed E-state index contributed by atoms with van der Waals surface area (Å²) >= 11 is 0. The quantitative estimate of drug-likeness (QED) is 0.718. The number of nitrogens with one attached hydrogen (secondary N) is 1. The fourth-order valence-electron chi connectivity index (χ4n) is 2.86. The number of benzene rings is 3. The molecule has 124 valence electrons. The van der Waals surface area contributed by atoms with Gasteiger partial charge in [-0.3, -0.25) is 4.72 Å². The number of fused-ring (bicyclic) bond motifs is 1. The Labute approximate surface area is 143 Å². The average Bonchev–Trinajstić information content (AvgIpc) is 2.57. The van der Waals surface area contributed by atoms with Gasteiger partial charge in [-0.1, -0.05) is 61.4 Å². The maximum absolute atomic E-state index is 12.7. The van der Waals surface area contributed by atoms with Gasteiger partial charge in [-0.05, 0) is 42.5 Å². The number of hydrogen-bond acceptors (Lipinski definition) is 2. The van der Waals surface area contributed by atoms with Crippen molar-refractivity contribution in [3.8, 4) is 0 Å². The Hall–Kier alpha value is -2.33. The van der Waals surface area contributed by atoms with Crippen LogP contribution >= 0.6 is 0 Å². The molecule has 0 aromatic heterocycles. The van der Waals surface area contributed by atoms with Crippen molar-refractivity contribution in [1.82, 2.24) is 0 Å². The molecule has 4 heteroatoms. The van der Waals surface area contributed by atoms with Gasteiger partial charge in [-0.25, -0.2) is 8.42 Å². The Bertz CT molecular complexity index is 961. The molecule has 0 fully saturated rings. The Balaban J connectivity index is 2.04. The van der Waals surface area contributed by atoms with E-state index in [2.05, 4.69) is 11.6 Å². The highest BCUT2D eigenvalue weighted by atomic mass is 32.2. The van der Waals surface area contributed by atoms with E-state index in [0.29, 0.717) is 5.69 Å². The molecule has 0 saturated carbocycles. The van der Waals surface area contributed by atoms with Crippen LogP contribution in [0.15, 0.2) is 65.6 Å². The molecule has 3 aromatic rings. The maximum Gasteiger partial charge on any atom is 0.261 e. The molecule has 0 aliphatic carbocycles. The molecule has 0 aliphatic heterocycles. The Morgan fingerprint density at radius 1 is 0.875 bits per heavy atom. The minimum absolute atomic E-state index is 0.273. The summed E-state index contributed by atoms with van der Waals surface area (Å²) in [6.07, 6.45) is 2.03. The summed E-state index contributed by atoms with van der Waals surface area (Å²) in [5.74, 6) is 0. The molecule has 0 saturated heterocycles. The molecule has 0 radical (unpaired) electrons. The van der Waals surface area contributed by atoms with Crippen LogP contribution in [0.2, 0.25) is 0 Å². The van der Waals surface area contributed by atoms with Gasteiger partial charge in [0.05, 0.1) is 10.6 Å². The van der Waals surface area contributed by atoms with E-state index >= 15 is 0 Å². The smallest absolute Gasteiger partial charge is 0.261 e.